The maximum absolute atomic E-state index is 11.5. The second-order valence-corrected chi connectivity index (χ2v) is 6.13. The second-order valence-electron chi connectivity index (χ2n) is 4.17. The highest BCUT2D eigenvalue weighted by Crippen LogP contribution is 2.53. The largest absolute Gasteiger partial charge is 0.395 e. The summed E-state index contributed by atoms with van der Waals surface area (Å²) in [5.41, 5.74) is 0.568. The lowest BCUT2D eigenvalue weighted by Crippen LogP contribution is -2.48. The Morgan fingerprint density at radius 1 is 1.39 bits per heavy atom. The van der Waals surface area contributed by atoms with Crippen molar-refractivity contribution in [3.63, 3.8) is 0 Å². The molecule has 0 saturated heterocycles. The minimum Gasteiger partial charge on any atom is -0.395 e. The highest BCUT2D eigenvalue weighted by atomic mass is 31.2. The quantitative estimate of drug-likeness (QED) is 0.490. The zero-order valence-corrected chi connectivity index (χ0v) is 10.3. The Balaban J connectivity index is 2.66. The molecule has 1 heterocycles. The molecular formula is C10H11N2O5P. The number of nitrogens with two attached hydrogens (primary N) is 1. The molecule has 0 aromatic heterocycles. The van der Waals surface area contributed by atoms with Gasteiger partial charge in [0, 0.05) is 6.21 Å². The lowest BCUT2D eigenvalue weighted by atomic mass is 9.83. The SMILES string of the molecule is CC(C1(c2c(N)c(=O)c2=O)C=CC=N1)P(=O)(O)O. The van der Waals surface area contributed by atoms with Gasteiger partial charge in [-0.3, -0.25) is 19.1 Å². The predicted molar refractivity (Wildman–Crippen MR) is 66.6 cm³/mol. The summed E-state index contributed by atoms with van der Waals surface area (Å²) in [7, 11) is -4.50. The fraction of sp³-hybridized carbons (Fsp3) is 0.300. The molecule has 0 aliphatic carbocycles. The first kappa shape index (κ1) is 12.9. The Morgan fingerprint density at radius 2 is 2.00 bits per heavy atom. The number of nitrogen functional groups attached to an aromatic ring is 1. The summed E-state index contributed by atoms with van der Waals surface area (Å²) < 4.78 is 11.4. The summed E-state index contributed by atoms with van der Waals surface area (Å²) in [4.78, 5) is 45.2. The standard InChI is InChI=1S/C10H11N2O5P/c1-5(18(15,16)17)10(3-2-4-12-10)6-7(11)9(14)8(6)13/h2-5H,11H2,1H3,(H2,15,16,17). The van der Waals surface area contributed by atoms with Crippen LogP contribution in [0.15, 0.2) is 26.7 Å². The number of anilines is 1. The molecule has 1 aromatic rings. The highest BCUT2D eigenvalue weighted by Gasteiger charge is 2.50. The lowest BCUT2D eigenvalue weighted by molar-refractivity contribution is 0.339. The van der Waals surface area contributed by atoms with Crippen LogP contribution in [0.2, 0.25) is 0 Å². The number of rotatable bonds is 3. The van der Waals surface area contributed by atoms with E-state index in [0.29, 0.717) is 0 Å². The molecular weight excluding hydrogens is 259 g/mol. The molecule has 96 valence electrons. The average molecular weight is 270 g/mol. The minimum absolute atomic E-state index is 0.131. The average Bonchev–Trinajstić information content (AvgIpc) is 2.76. The zero-order chi connectivity index (χ0) is 13.7. The van der Waals surface area contributed by atoms with E-state index >= 15 is 0 Å². The maximum Gasteiger partial charge on any atom is 0.331 e. The van der Waals surface area contributed by atoms with Gasteiger partial charge in [0.1, 0.15) is 5.54 Å². The van der Waals surface area contributed by atoms with Gasteiger partial charge in [0.25, 0.3) is 0 Å². The summed E-state index contributed by atoms with van der Waals surface area (Å²) in [6, 6.07) is 0. The van der Waals surface area contributed by atoms with Crippen molar-refractivity contribution in [1.29, 1.82) is 0 Å². The molecule has 2 rings (SSSR count). The first-order chi connectivity index (χ1) is 8.22. The van der Waals surface area contributed by atoms with Crippen LogP contribution in [0, 0.1) is 0 Å². The molecule has 2 atom stereocenters. The van der Waals surface area contributed by atoms with Gasteiger partial charge < -0.3 is 15.5 Å². The Labute approximate surface area is 102 Å². The van der Waals surface area contributed by atoms with Crippen LogP contribution in [0.3, 0.4) is 0 Å². The highest BCUT2D eigenvalue weighted by molar-refractivity contribution is 7.52. The van der Waals surface area contributed by atoms with Crippen LogP contribution in [0.25, 0.3) is 0 Å². The molecule has 18 heavy (non-hydrogen) atoms. The molecule has 0 spiro atoms. The third kappa shape index (κ3) is 1.52. The van der Waals surface area contributed by atoms with Gasteiger partial charge in [-0.25, -0.2) is 0 Å². The number of nitrogens with zero attached hydrogens (tertiary/aromatic N) is 1. The fourth-order valence-corrected chi connectivity index (χ4v) is 2.86. The van der Waals surface area contributed by atoms with Gasteiger partial charge in [0.2, 0.25) is 10.9 Å². The zero-order valence-electron chi connectivity index (χ0n) is 9.40. The van der Waals surface area contributed by atoms with Gasteiger partial charge >= 0.3 is 7.60 Å². The van der Waals surface area contributed by atoms with Crippen molar-refractivity contribution in [1.82, 2.24) is 0 Å². The molecule has 1 aromatic carbocycles. The lowest BCUT2D eigenvalue weighted by Gasteiger charge is -2.32. The van der Waals surface area contributed by atoms with E-state index in [9.17, 15) is 23.9 Å². The van der Waals surface area contributed by atoms with Gasteiger partial charge in [0.15, 0.2) is 0 Å². The van der Waals surface area contributed by atoms with Crippen molar-refractivity contribution in [2.24, 2.45) is 4.99 Å². The van der Waals surface area contributed by atoms with E-state index < -0.39 is 29.7 Å². The molecule has 1 aliphatic rings. The monoisotopic (exact) mass is 270 g/mol. The molecule has 0 radical (unpaired) electrons. The molecule has 1 aliphatic heterocycles. The van der Waals surface area contributed by atoms with Crippen molar-refractivity contribution in [2.45, 2.75) is 18.1 Å². The van der Waals surface area contributed by atoms with Crippen LogP contribution in [0.1, 0.15) is 12.5 Å². The third-order valence-electron chi connectivity index (χ3n) is 3.21. The van der Waals surface area contributed by atoms with E-state index in [1.54, 1.807) is 0 Å². The Kier molecular flexibility index (Phi) is 2.66. The molecule has 0 saturated carbocycles. The minimum atomic E-state index is -4.50. The first-order valence-electron chi connectivity index (χ1n) is 5.09. The van der Waals surface area contributed by atoms with E-state index in [1.807, 2.05) is 0 Å². The molecule has 0 amide bonds. The molecule has 7 nitrogen and oxygen atoms in total. The number of hydrogen-bond donors (Lipinski definition) is 3. The summed E-state index contributed by atoms with van der Waals surface area (Å²) >= 11 is 0. The van der Waals surface area contributed by atoms with Crippen LogP contribution in [-0.2, 0) is 10.1 Å². The van der Waals surface area contributed by atoms with Crippen LogP contribution in [-0.4, -0.2) is 21.7 Å². The number of allylic oxidation sites excluding steroid dienone is 1. The van der Waals surface area contributed by atoms with Gasteiger partial charge in [-0.2, -0.15) is 0 Å². The molecule has 8 heteroatoms. The smallest absolute Gasteiger partial charge is 0.331 e. The first-order valence-corrected chi connectivity index (χ1v) is 6.77. The van der Waals surface area contributed by atoms with E-state index in [0.717, 1.165) is 0 Å². The summed E-state index contributed by atoms with van der Waals surface area (Å²) in [5, 5.41) is 0. The van der Waals surface area contributed by atoms with Crippen molar-refractivity contribution in [3.05, 3.63) is 38.2 Å². The van der Waals surface area contributed by atoms with Crippen molar-refractivity contribution in [3.8, 4) is 0 Å². The van der Waals surface area contributed by atoms with Gasteiger partial charge in [0.05, 0.1) is 16.9 Å². The molecule has 0 fully saturated rings. The second kappa shape index (κ2) is 3.71. The Hall–Kier alpha value is -1.56. The summed E-state index contributed by atoms with van der Waals surface area (Å²) in [6.45, 7) is 1.27. The topological polar surface area (TPSA) is 130 Å². The van der Waals surface area contributed by atoms with Gasteiger partial charge in [-0.05, 0) is 19.1 Å². The molecule has 0 bridgehead atoms. The van der Waals surface area contributed by atoms with Crippen molar-refractivity contribution in [2.75, 3.05) is 5.73 Å². The van der Waals surface area contributed by atoms with Crippen LogP contribution >= 0.6 is 7.60 Å². The Bertz CT molecular complexity index is 665. The summed E-state index contributed by atoms with van der Waals surface area (Å²) in [6.07, 6.45) is 4.16. The van der Waals surface area contributed by atoms with Crippen molar-refractivity contribution >= 4 is 19.5 Å². The summed E-state index contributed by atoms with van der Waals surface area (Å²) in [5.74, 6) is 0. The Morgan fingerprint density at radius 3 is 2.39 bits per heavy atom. The van der Waals surface area contributed by atoms with E-state index in [4.69, 9.17) is 5.73 Å². The van der Waals surface area contributed by atoms with E-state index in [2.05, 4.69) is 4.99 Å². The van der Waals surface area contributed by atoms with E-state index in [-0.39, 0.29) is 11.3 Å². The third-order valence-corrected chi connectivity index (χ3v) is 4.62. The van der Waals surface area contributed by atoms with Crippen LogP contribution < -0.4 is 16.6 Å². The molecule has 4 N–H and O–H groups in total. The van der Waals surface area contributed by atoms with Crippen LogP contribution in [0.4, 0.5) is 5.69 Å². The molecule has 2 unspecified atom stereocenters. The fourth-order valence-electron chi connectivity index (χ4n) is 2.07. The van der Waals surface area contributed by atoms with Crippen LogP contribution in [0.5, 0.6) is 0 Å². The van der Waals surface area contributed by atoms with Crippen molar-refractivity contribution < 1.29 is 14.4 Å². The number of aliphatic imine (C=N–C) groups is 1. The maximum atomic E-state index is 11.5. The number of hydrogen-bond acceptors (Lipinski definition) is 5. The predicted octanol–water partition coefficient (Wildman–Crippen LogP) is -0.733. The normalized spacial score (nSPS) is 24.8. The van der Waals surface area contributed by atoms with Gasteiger partial charge in [-0.1, -0.05) is 0 Å². The van der Waals surface area contributed by atoms with E-state index in [1.165, 1.54) is 25.3 Å². The van der Waals surface area contributed by atoms with Gasteiger partial charge in [-0.15, -0.1) is 0 Å².